The lowest BCUT2D eigenvalue weighted by atomic mass is 9.96. The van der Waals surface area contributed by atoms with Gasteiger partial charge in [-0.05, 0) is 55.2 Å². The average Bonchev–Trinajstić information content (AvgIpc) is 3.13. The van der Waals surface area contributed by atoms with Gasteiger partial charge in [0.1, 0.15) is 18.2 Å². The van der Waals surface area contributed by atoms with Gasteiger partial charge in [-0.15, -0.1) is 0 Å². The second-order valence-corrected chi connectivity index (χ2v) is 8.29. The number of piperazine rings is 1. The van der Waals surface area contributed by atoms with Crippen LogP contribution in [-0.2, 0) is 29.0 Å². The summed E-state index contributed by atoms with van der Waals surface area (Å²) in [6, 6.07) is 6.10. The van der Waals surface area contributed by atoms with E-state index in [4.69, 9.17) is 4.74 Å². The van der Waals surface area contributed by atoms with Crippen molar-refractivity contribution in [1.29, 1.82) is 0 Å². The number of carbonyl (C=O) groups excluding carboxylic acids is 2. The number of hydrogen-bond donors (Lipinski definition) is 0. The fourth-order valence-corrected chi connectivity index (χ4v) is 4.27. The molecule has 0 atom stereocenters. The Labute approximate surface area is 180 Å². The summed E-state index contributed by atoms with van der Waals surface area (Å²) in [4.78, 5) is 28.3. The predicted octanol–water partition coefficient (Wildman–Crippen LogP) is 3.18. The lowest BCUT2D eigenvalue weighted by Gasteiger charge is -2.35. The number of aryl methyl sites for hydroxylation is 1. The summed E-state index contributed by atoms with van der Waals surface area (Å²) in [6.07, 6.45) is 0.729. The van der Waals surface area contributed by atoms with Crippen LogP contribution in [0.4, 0.5) is 8.78 Å². The van der Waals surface area contributed by atoms with Gasteiger partial charge in [0.25, 0.3) is 0 Å². The maximum Gasteiger partial charge on any atom is 0.338 e. The molecule has 2 heterocycles. The van der Waals surface area contributed by atoms with Gasteiger partial charge in [0.15, 0.2) is 0 Å². The lowest BCUT2D eigenvalue weighted by molar-refractivity contribution is -0.132. The highest BCUT2D eigenvalue weighted by Gasteiger charge is 2.25. The summed E-state index contributed by atoms with van der Waals surface area (Å²) >= 11 is 0. The number of halogens is 2. The molecule has 7 heteroatoms. The van der Waals surface area contributed by atoms with Crippen LogP contribution in [-0.4, -0.2) is 54.4 Å². The summed E-state index contributed by atoms with van der Waals surface area (Å²) < 4.78 is 32.9. The molecule has 1 amide bonds. The van der Waals surface area contributed by atoms with E-state index in [9.17, 15) is 18.4 Å². The summed E-state index contributed by atoms with van der Waals surface area (Å²) in [5.41, 5.74) is 4.30. The quantitative estimate of drug-likeness (QED) is 0.687. The third kappa shape index (κ3) is 4.46. The van der Waals surface area contributed by atoms with Crippen LogP contribution in [0, 0.1) is 25.5 Å². The Hall–Kier alpha value is -2.80. The van der Waals surface area contributed by atoms with E-state index in [-0.39, 0.29) is 29.4 Å². The van der Waals surface area contributed by atoms with Crippen molar-refractivity contribution in [3.8, 4) is 0 Å². The van der Waals surface area contributed by atoms with E-state index in [0.29, 0.717) is 25.3 Å². The zero-order chi connectivity index (χ0) is 22.1. The van der Waals surface area contributed by atoms with Crippen LogP contribution in [0.15, 0.2) is 24.3 Å². The van der Waals surface area contributed by atoms with Crippen LogP contribution in [0.5, 0.6) is 0 Å². The van der Waals surface area contributed by atoms with Crippen molar-refractivity contribution >= 4 is 11.9 Å². The van der Waals surface area contributed by atoms with E-state index in [1.807, 2.05) is 19.1 Å². The van der Waals surface area contributed by atoms with Crippen molar-refractivity contribution in [2.24, 2.45) is 0 Å². The van der Waals surface area contributed by atoms with Gasteiger partial charge < -0.3 is 9.64 Å². The van der Waals surface area contributed by atoms with Crippen LogP contribution in [0.2, 0.25) is 0 Å². The highest BCUT2D eigenvalue weighted by molar-refractivity contribution is 5.93. The third-order valence-corrected chi connectivity index (χ3v) is 6.37. The maximum atomic E-state index is 14.0. The van der Waals surface area contributed by atoms with Crippen molar-refractivity contribution in [2.45, 2.75) is 33.3 Å². The van der Waals surface area contributed by atoms with Crippen molar-refractivity contribution in [3.63, 3.8) is 0 Å². The topological polar surface area (TPSA) is 49.9 Å². The molecule has 2 aliphatic rings. The van der Waals surface area contributed by atoms with E-state index in [2.05, 4.69) is 4.90 Å². The molecule has 1 fully saturated rings. The van der Waals surface area contributed by atoms with Gasteiger partial charge in [0, 0.05) is 43.9 Å². The van der Waals surface area contributed by atoms with E-state index >= 15 is 0 Å². The number of cyclic esters (lactones) is 1. The lowest BCUT2D eigenvalue weighted by Crippen LogP contribution is -2.49. The minimum absolute atomic E-state index is 0.102. The molecule has 31 heavy (non-hydrogen) atoms. The molecule has 0 radical (unpaired) electrons. The number of carbonyl (C=O) groups is 2. The summed E-state index contributed by atoms with van der Waals surface area (Å²) in [7, 11) is 0. The molecule has 2 aromatic carbocycles. The Morgan fingerprint density at radius 2 is 1.77 bits per heavy atom. The Balaban J connectivity index is 1.29. The first-order chi connectivity index (χ1) is 14.8. The van der Waals surface area contributed by atoms with Crippen molar-refractivity contribution < 1.29 is 23.1 Å². The first-order valence-corrected chi connectivity index (χ1v) is 10.6. The van der Waals surface area contributed by atoms with Crippen molar-refractivity contribution in [3.05, 3.63) is 69.3 Å². The summed E-state index contributed by atoms with van der Waals surface area (Å²) in [5, 5.41) is 0. The van der Waals surface area contributed by atoms with Gasteiger partial charge in [0.05, 0.1) is 12.0 Å². The average molecular weight is 428 g/mol. The number of rotatable bonds is 5. The van der Waals surface area contributed by atoms with Gasteiger partial charge in [-0.2, -0.15) is 0 Å². The van der Waals surface area contributed by atoms with Crippen LogP contribution < -0.4 is 0 Å². The Morgan fingerprint density at radius 3 is 2.52 bits per heavy atom. The first-order valence-electron chi connectivity index (χ1n) is 10.6. The molecule has 0 aromatic heterocycles. The van der Waals surface area contributed by atoms with Crippen LogP contribution in [0.25, 0.3) is 0 Å². The van der Waals surface area contributed by atoms with Crippen LogP contribution in [0.3, 0.4) is 0 Å². The largest absolute Gasteiger partial charge is 0.457 e. The van der Waals surface area contributed by atoms with Gasteiger partial charge in [0.2, 0.25) is 5.91 Å². The fourth-order valence-electron chi connectivity index (χ4n) is 4.27. The van der Waals surface area contributed by atoms with E-state index in [1.165, 1.54) is 12.5 Å². The molecular formula is C24H26F2N2O3. The number of hydrogen-bond acceptors (Lipinski definition) is 4. The number of fused-ring (bicyclic) bond motifs is 1. The molecule has 0 bridgehead atoms. The summed E-state index contributed by atoms with van der Waals surface area (Å²) in [6.45, 7) is 7.35. The highest BCUT2D eigenvalue weighted by Crippen LogP contribution is 2.26. The minimum atomic E-state index is -0.539. The third-order valence-electron chi connectivity index (χ3n) is 6.37. The number of esters is 1. The molecule has 0 N–H and O–H groups in total. The van der Waals surface area contributed by atoms with Crippen LogP contribution in [0.1, 0.15) is 38.2 Å². The second kappa shape index (κ2) is 8.75. The van der Waals surface area contributed by atoms with Gasteiger partial charge >= 0.3 is 5.97 Å². The molecule has 4 rings (SSSR count). The minimum Gasteiger partial charge on any atom is -0.457 e. The predicted molar refractivity (Wildman–Crippen MR) is 112 cm³/mol. The SMILES string of the molecule is Cc1cc(F)c(CC(=O)N2CCN(CCc3ccc4c(c3C)COC4=O)CC2)cc1F. The molecule has 0 saturated carbocycles. The highest BCUT2D eigenvalue weighted by atomic mass is 19.1. The van der Waals surface area contributed by atoms with Gasteiger partial charge in [-0.3, -0.25) is 9.69 Å². The maximum absolute atomic E-state index is 14.0. The Morgan fingerprint density at radius 1 is 1.03 bits per heavy atom. The number of ether oxygens (including phenoxy) is 1. The van der Waals surface area contributed by atoms with E-state index in [1.54, 1.807) is 4.90 Å². The molecular weight excluding hydrogens is 402 g/mol. The number of benzene rings is 2. The van der Waals surface area contributed by atoms with Crippen LogP contribution >= 0.6 is 0 Å². The van der Waals surface area contributed by atoms with E-state index in [0.717, 1.165) is 49.3 Å². The monoisotopic (exact) mass is 428 g/mol. The normalized spacial score (nSPS) is 16.4. The summed E-state index contributed by atoms with van der Waals surface area (Å²) in [5.74, 6) is -1.46. The zero-order valence-corrected chi connectivity index (χ0v) is 17.8. The molecule has 0 spiro atoms. The van der Waals surface area contributed by atoms with Crippen molar-refractivity contribution in [2.75, 3.05) is 32.7 Å². The Kier molecular flexibility index (Phi) is 6.05. The standard InChI is InChI=1S/C24H26F2N2O3/c1-15-11-22(26)18(12-21(15)25)13-23(29)28-9-7-27(8-10-28)6-5-17-3-4-19-20(16(17)2)14-31-24(19)30/h3-4,11-12H,5-10,13-14H2,1-2H3. The first kappa shape index (κ1) is 21.4. The number of nitrogens with zero attached hydrogens (tertiary/aromatic N) is 2. The molecule has 5 nitrogen and oxygen atoms in total. The van der Waals surface area contributed by atoms with E-state index < -0.39 is 11.6 Å². The molecule has 0 unspecified atom stereocenters. The molecule has 2 aromatic rings. The second-order valence-electron chi connectivity index (χ2n) is 8.29. The smallest absolute Gasteiger partial charge is 0.338 e. The van der Waals surface area contributed by atoms with Gasteiger partial charge in [-0.1, -0.05) is 6.07 Å². The number of amides is 1. The zero-order valence-electron chi connectivity index (χ0n) is 17.8. The molecule has 2 aliphatic heterocycles. The Bertz CT molecular complexity index is 1030. The molecule has 164 valence electrons. The molecule has 1 saturated heterocycles. The van der Waals surface area contributed by atoms with Crippen molar-refractivity contribution in [1.82, 2.24) is 9.80 Å². The van der Waals surface area contributed by atoms with Gasteiger partial charge in [-0.25, -0.2) is 13.6 Å². The molecule has 0 aliphatic carbocycles. The fraction of sp³-hybridized carbons (Fsp3) is 0.417.